The van der Waals surface area contributed by atoms with Crippen molar-refractivity contribution in [2.24, 2.45) is 0 Å². The lowest BCUT2D eigenvalue weighted by Gasteiger charge is -2.34. The molecule has 2 aromatic carbocycles. The Kier molecular flexibility index (Phi) is 4.36. The topological polar surface area (TPSA) is 52.0 Å². The van der Waals surface area contributed by atoms with Crippen LogP contribution in [0.4, 0.5) is 4.39 Å². The number of benzene rings is 2. The SMILES string of the molecule is FC1(c2ccc3c(c2)CNCc2nncn2-3)CCC(Oc2ccccc2)CC1. The molecule has 0 atom stereocenters. The molecule has 0 bridgehead atoms. The van der Waals surface area contributed by atoms with Crippen molar-refractivity contribution in [1.82, 2.24) is 20.1 Å². The summed E-state index contributed by atoms with van der Waals surface area (Å²) in [6.07, 6.45) is 4.20. The lowest BCUT2D eigenvalue weighted by Crippen LogP contribution is -2.32. The number of ether oxygens (including phenoxy) is 1. The van der Waals surface area contributed by atoms with Crippen LogP contribution in [0.15, 0.2) is 54.9 Å². The number of para-hydroxylation sites is 1. The Balaban J connectivity index is 1.34. The van der Waals surface area contributed by atoms with Gasteiger partial charge in [0.25, 0.3) is 0 Å². The average molecular weight is 378 g/mol. The minimum atomic E-state index is -1.30. The van der Waals surface area contributed by atoms with E-state index in [4.69, 9.17) is 4.74 Å². The predicted molar refractivity (Wildman–Crippen MR) is 104 cm³/mol. The molecule has 0 unspecified atom stereocenters. The highest BCUT2D eigenvalue weighted by Crippen LogP contribution is 2.42. The van der Waals surface area contributed by atoms with Crippen LogP contribution >= 0.6 is 0 Å². The Morgan fingerprint density at radius 2 is 1.89 bits per heavy atom. The molecule has 1 saturated carbocycles. The largest absolute Gasteiger partial charge is 0.490 e. The number of halogens is 1. The van der Waals surface area contributed by atoms with Crippen molar-refractivity contribution in [3.8, 4) is 11.4 Å². The minimum absolute atomic E-state index is 0.0772. The molecule has 28 heavy (non-hydrogen) atoms. The lowest BCUT2D eigenvalue weighted by atomic mass is 9.79. The molecule has 0 amide bonds. The minimum Gasteiger partial charge on any atom is -0.490 e. The molecule has 1 aliphatic carbocycles. The van der Waals surface area contributed by atoms with Crippen LogP contribution in [0, 0.1) is 0 Å². The number of nitrogens with zero attached hydrogens (tertiary/aromatic N) is 3. The first-order valence-corrected chi connectivity index (χ1v) is 9.85. The second-order valence-corrected chi connectivity index (χ2v) is 7.66. The maximum absolute atomic E-state index is 15.8. The fourth-order valence-corrected chi connectivity index (χ4v) is 4.28. The third kappa shape index (κ3) is 3.18. The van der Waals surface area contributed by atoms with Crippen LogP contribution in [0.1, 0.15) is 42.6 Å². The predicted octanol–water partition coefficient (Wildman–Crippen LogP) is 4.06. The quantitative estimate of drug-likeness (QED) is 0.747. The van der Waals surface area contributed by atoms with Gasteiger partial charge in [0.05, 0.1) is 18.3 Å². The molecular weight excluding hydrogens is 355 g/mol. The smallest absolute Gasteiger partial charge is 0.151 e. The first kappa shape index (κ1) is 17.4. The number of alkyl halides is 1. The fourth-order valence-electron chi connectivity index (χ4n) is 4.28. The van der Waals surface area contributed by atoms with Gasteiger partial charge in [0.15, 0.2) is 5.82 Å². The molecule has 5 rings (SSSR count). The van der Waals surface area contributed by atoms with Crippen LogP contribution in [0.25, 0.3) is 5.69 Å². The summed E-state index contributed by atoms with van der Waals surface area (Å²) in [5, 5.41) is 11.5. The maximum Gasteiger partial charge on any atom is 0.151 e. The summed E-state index contributed by atoms with van der Waals surface area (Å²) in [6.45, 7) is 1.35. The molecule has 0 radical (unpaired) electrons. The second-order valence-electron chi connectivity index (χ2n) is 7.66. The summed E-state index contributed by atoms with van der Waals surface area (Å²) in [7, 11) is 0. The summed E-state index contributed by atoms with van der Waals surface area (Å²) < 4.78 is 23.8. The Morgan fingerprint density at radius 1 is 1.07 bits per heavy atom. The van der Waals surface area contributed by atoms with Crippen LogP contribution < -0.4 is 10.1 Å². The Bertz CT molecular complexity index is 964. The number of nitrogens with one attached hydrogen (secondary N) is 1. The van der Waals surface area contributed by atoms with E-state index in [1.54, 1.807) is 6.33 Å². The molecule has 2 heterocycles. The van der Waals surface area contributed by atoms with E-state index >= 15 is 4.39 Å². The number of hydrogen-bond donors (Lipinski definition) is 1. The Morgan fingerprint density at radius 3 is 2.71 bits per heavy atom. The summed E-state index contributed by atoms with van der Waals surface area (Å²) in [5.74, 6) is 1.74. The zero-order valence-electron chi connectivity index (χ0n) is 15.6. The maximum atomic E-state index is 15.8. The molecule has 6 heteroatoms. The number of aromatic nitrogens is 3. The number of hydrogen-bond acceptors (Lipinski definition) is 4. The highest BCUT2D eigenvalue weighted by Gasteiger charge is 2.38. The van der Waals surface area contributed by atoms with Crippen molar-refractivity contribution < 1.29 is 9.13 Å². The molecule has 0 saturated heterocycles. The summed E-state index contributed by atoms with van der Waals surface area (Å²) in [6, 6.07) is 15.7. The van der Waals surface area contributed by atoms with Gasteiger partial charge >= 0.3 is 0 Å². The summed E-state index contributed by atoms with van der Waals surface area (Å²) in [5.41, 5.74) is 1.57. The van der Waals surface area contributed by atoms with Crippen molar-refractivity contribution in [3.05, 3.63) is 71.8 Å². The monoisotopic (exact) mass is 378 g/mol. The van der Waals surface area contributed by atoms with Crippen LogP contribution in [0.5, 0.6) is 5.75 Å². The van der Waals surface area contributed by atoms with Gasteiger partial charge in [-0.05, 0) is 61.1 Å². The standard InChI is InChI=1S/C22H23FN4O/c23-22(10-8-19(9-11-22)28-18-4-2-1-3-5-18)17-6-7-20-16(12-17)13-24-14-21-26-25-15-27(20)21/h1-7,12,15,19,24H,8-11,13-14H2. The second kappa shape index (κ2) is 7.02. The molecule has 1 aromatic heterocycles. The van der Waals surface area contributed by atoms with Crippen molar-refractivity contribution in [2.75, 3.05) is 0 Å². The van der Waals surface area contributed by atoms with Gasteiger partial charge in [-0.3, -0.25) is 4.57 Å². The van der Waals surface area contributed by atoms with Crippen molar-refractivity contribution in [3.63, 3.8) is 0 Å². The molecular formula is C22H23FN4O. The van der Waals surface area contributed by atoms with E-state index in [0.717, 1.165) is 41.2 Å². The van der Waals surface area contributed by atoms with E-state index in [0.29, 0.717) is 25.9 Å². The fraction of sp³-hybridized carbons (Fsp3) is 0.364. The van der Waals surface area contributed by atoms with Crippen molar-refractivity contribution in [2.45, 2.75) is 50.5 Å². The van der Waals surface area contributed by atoms with Gasteiger partial charge in [0.1, 0.15) is 17.7 Å². The molecule has 3 aromatic rings. The highest BCUT2D eigenvalue weighted by atomic mass is 19.1. The van der Waals surface area contributed by atoms with Crippen LogP contribution in [0.2, 0.25) is 0 Å². The van der Waals surface area contributed by atoms with E-state index in [1.165, 1.54) is 0 Å². The zero-order chi connectivity index (χ0) is 19.0. The van der Waals surface area contributed by atoms with E-state index in [1.807, 2.05) is 53.1 Å². The van der Waals surface area contributed by atoms with Gasteiger partial charge in [-0.15, -0.1) is 10.2 Å². The molecule has 0 spiro atoms. The van der Waals surface area contributed by atoms with E-state index in [2.05, 4.69) is 15.5 Å². The van der Waals surface area contributed by atoms with Gasteiger partial charge in [0.2, 0.25) is 0 Å². The normalized spacial score (nSPS) is 24.1. The van der Waals surface area contributed by atoms with Gasteiger partial charge in [-0.1, -0.05) is 24.3 Å². The number of fused-ring (bicyclic) bond motifs is 3. The molecule has 5 nitrogen and oxygen atoms in total. The van der Waals surface area contributed by atoms with E-state index in [9.17, 15) is 0 Å². The highest BCUT2D eigenvalue weighted by molar-refractivity contribution is 5.46. The zero-order valence-corrected chi connectivity index (χ0v) is 15.6. The molecule has 2 aliphatic rings. The average Bonchev–Trinajstić information content (AvgIpc) is 3.12. The first-order chi connectivity index (χ1) is 13.7. The van der Waals surface area contributed by atoms with E-state index in [-0.39, 0.29) is 6.10 Å². The van der Waals surface area contributed by atoms with Crippen molar-refractivity contribution >= 4 is 0 Å². The van der Waals surface area contributed by atoms with Gasteiger partial charge in [-0.2, -0.15) is 0 Å². The van der Waals surface area contributed by atoms with Crippen LogP contribution in [-0.2, 0) is 18.8 Å². The first-order valence-electron chi connectivity index (χ1n) is 9.85. The summed E-state index contributed by atoms with van der Waals surface area (Å²) in [4.78, 5) is 0. The molecule has 1 aliphatic heterocycles. The van der Waals surface area contributed by atoms with Gasteiger partial charge in [0, 0.05) is 6.54 Å². The number of rotatable bonds is 3. The van der Waals surface area contributed by atoms with Crippen LogP contribution in [-0.4, -0.2) is 20.9 Å². The van der Waals surface area contributed by atoms with Gasteiger partial charge in [-0.25, -0.2) is 4.39 Å². The summed E-state index contributed by atoms with van der Waals surface area (Å²) >= 11 is 0. The van der Waals surface area contributed by atoms with Crippen molar-refractivity contribution in [1.29, 1.82) is 0 Å². The Hall–Kier alpha value is -2.73. The third-order valence-corrected chi connectivity index (χ3v) is 5.84. The molecule has 1 fully saturated rings. The Labute approximate surface area is 163 Å². The third-order valence-electron chi connectivity index (χ3n) is 5.84. The van der Waals surface area contributed by atoms with Gasteiger partial charge < -0.3 is 10.1 Å². The molecule has 1 N–H and O–H groups in total. The molecule has 144 valence electrons. The van der Waals surface area contributed by atoms with E-state index < -0.39 is 5.67 Å². The lowest BCUT2D eigenvalue weighted by molar-refractivity contribution is 0.0427. The van der Waals surface area contributed by atoms with Crippen LogP contribution in [0.3, 0.4) is 0 Å².